The molecule has 0 unspecified atom stereocenters. The van der Waals surface area contributed by atoms with Gasteiger partial charge in [0, 0.05) is 0 Å². The second-order valence-corrected chi connectivity index (χ2v) is 23.9. The van der Waals surface area contributed by atoms with Crippen molar-refractivity contribution in [3.8, 4) is 0 Å². The van der Waals surface area contributed by atoms with Crippen LogP contribution in [0.25, 0.3) is 0 Å². The average molecular weight is 559 g/mol. The van der Waals surface area contributed by atoms with Crippen LogP contribution in [0.1, 0.15) is 92.4 Å². The second kappa shape index (κ2) is 15.3. The van der Waals surface area contributed by atoms with E-state index in [1.54, 1.807) is 13.8 Å². The van der Waals surface area contributed by atoms with Crippen molar-refractivity contribution in [3.63, 3.8) is 0 Å². The molecule has 5 nitrogen and oxygen atoms in total. The first kappa shape index (κ1) is 29.4. The molecule has 0 bridgehead atoms. The Bertz CT molecular complexity index is 537. The van der Waals surface area contributed by atoms with Crippen LogP contribution in [0.15, 0.2) is 0 Å². The van der Waals surface area contributed by atoms with Crippen molar-refractivity contribution in [2.75, 3.05) is 13.2 Å². The van der Waals surface area contributed by atoms with E-state index in [4.69, 9.17) is 9.47 Å². The van der Waals surface area contributed by atoms with Crippen molar-refractivity contribution < 1.29 is 23.9 Å². The fraction of sp³-hybridized carbons (Fsp3) is 0.885. The van der Waals surface area contributed by atoms with Gasteiger partial charge in [-0.2, -0.15) is 0 Å². The Labute approximate surface area is 200 Å². The zero-order valence-electron chi connectivity index (χ0n) is 21.4. The summed E-state index contributed by atoms with van der Waals surface area (Å²) in [6.45, 7) is 10.8. The summed E-state index contributed by atoms with van der Waals surface area (Å²) in [6.07, 6.45) is 9.80. The normalized spacial score (nSPS) is 20.2. The third-order valence-electron chi connectivity index (χ3n) is 7.50. The number of esters is 2. The van der Waals surface area contributed by atoms with Gasteiger partial charge in [0.05, 0.1) is 0 Å². The van der Waals surface area contributed by atoms with E-state index in [2.05, 4.69) is 20.8 Å². The summed E-state index contributed by atoms with van der Waals surface area (Å²) in [5.74, 6) is -0.584. The van der Waals surface area contributed by atoms with E-state index < -0.39 is 35.7 Å². The maximum atomic E-state index is 13.1. The van der Waals surface area contributed by atoms with E-state index in [1.807, 2.05) is 0 Å². The number of aldehydes is 1. The molecule has 0 heterocycles. The van der Waals surface area contributed by atoms with E-state index in [0.29, 0.717) is 19.3 Å². The summed E-state index contributed by atoms with van der Waals surface area (Å²) in [4.78, 5) is 37.7. The van der Waals surface area contributed by atoms with Crippen molar-refractivity contribution in [1.82, 2.24) is 0 Å². The monoisotopic (exact) mass is 560 g/mol. The third-order valence-corrected chi connectivity index (χ3v) is 23.6. The molecule has 1 aliphatic rings. The van der Waals surface area contributed by atoms with Crippen LogP contribution in [0.2, 0.25) is 17.7 Å². The van der Waals surface area contributed by atoms with E-state index >= 15 is 0 Å². The van der Waals surface area contributed by atoms with Crippen LogP contribution in [0.5, 0.6) is 0 Å². The van der Waals surface area contributed by atoms with Gasteiger partial charge in [-0.25, -0.2) is 0 Å². The van der Waals surface area contributed by atoms with Gasteiger partial charge in [0.1, 0.15) is 0 Å². The van der Waals surface area contributed by atoms with Gasteiger partial charge < -0.3 is 0 Å². The van der Waals surface area contributed by atoms with Gasteiger partial charge in [0.15, 0.2) is 0 Å². The molecule has 1 aliphatic carbocycles. The van der Waals surface area contributed by atoms with Crippen LogP contribution in [-0.4, -0.2) is 49.8 Å². The molecule has 0 spiro atoms. The Balaban J connectivity index is 3.30. The molecule has 0 aromatic carbocycles. The van der Waals surface area contributed by atoms with Crippen molar-refractivity contribution in [2.45, 2.75) is 110 Å². The van der Waals surface area contributed by atoms with Crippen LogP contribution < -0.4 is 0 Å². The first-order valence-electron chi connectivity index (χ1n) is 13.2. The van der Waals surface area contributed by atoms with E-state index in [-0.39, 0.29) is 25.0 Å². The predicted octanol–water partition coefficient (Wildman–Crippen LogP) is 6.56. The van der Waals surface area contributed by atoms with Crippen LogP contribution >= 0.6 is 0 Å². The molecule has 6 heteroatoms. The molecule has 0 aliphatic heterocycles. The molecule has 2 atom stereocenters. The Morgan fingerprint density at radius 2 is 1.25 bits per heavy atom. The van der Waals surface area contributed by atoms with Gasteiger partial charge in [-0.3, -0.25) is 0 Å². The maximum absolute atomic E-state index is 13.1. The Morgan fingerprint density at radius 3 is 1.62 bits per heavy atom. The molecule has 0 aromatic heterocycles. The van der Waals surface area contributed by atoms with Crippen molar-refractivity contribution in [3.05, 3.63) is 0 Å². The zero-order chi connectivity index (χ0) is 24.0. The third kappa shape index (κ3) is 8.02. The van der Waals surface area contributed by atoms with Gasteiger partial charge in [-0.15, -0.1) is 0 Å². The van der Waals surface area contributed by atoms with Crippen molar-refractivity contribution >= 4 is 36.6 Å². The molecule has 0 radical (unpaired) electrons. The Morgan fingerprint density at radius 1 is 0.812 bits per heavy atom. The predicted molar refractivity (Wildman–Crippen MR) is 132 cm³/mol. The number of carbonyl (C=O) groups excluding carboxylic acids is 3. The Hall–Kier alpha value is -0.591. The number of carbonyl (C=O) groups is 3. The molecule has 0 amide bonds. The molecular weight excluding hydrogens is 511 g/mol. The number of unbranched alkanes of at least 4 members (excludes halogenated alkanes) is 3. The van der Waals surface area contributed by atoms with Crippen LogP contribution in [0, 0.1) is 17.3 Å². The summed E-state index contributed by atoms with van der Waals surface area (Å²) in [5, 5.41) is 0. The van der Waals surface area contributed by atoms with Crippen LogP contribution in [0.4, 0.5) is 0 Å². The van der Waals surface area contributed by atoms with Gasteiger partial charge >= 0.3 is 201 Å². The zero-order valence-corrected chi connectivity index (χ0v) is 24.2. The quantitative estimate of drug-likeness (QED) is 0.0874. The molecule has 1 rings (SSSR count). The minimum atomic E-state index is -2.50. The standard InChI is InChI=1S/C14H21O5.3C4H9.Sn/c1-4-18-12(16)14(13(17)19-5-2)8-10(3)11(9-14)6-7-15;3*1-3-4-2;/h7,10-11H,3-6,8-9H2,1-2H3;3*1,3-4H2,2H3;/t10-,11+;;;;/m1..../s1. The molecule has 0 N–H and O–H groups in total. The van der Waals surface area contributed by atoms with E-state index in [1.165, 1.54) is 56.3 Å². The fourth-order valence-corrected chi connectivity index (χ4v) is 23.7. The van der Waals surface area contributed by atoms with Gasteiger partial charge in [0.25, 0.3) is 0 Å². The summed E-state index contributed by atoms with van der Waals surface area (Å²) in [5.41, 5.74) is -1.23. The summed E-state index contributed by atoms with van der Waals surface area (Å²) >= 11 is -2.50. The summed E-state index contributed by atoms with van der Waals surface area (Å²) in [7, 11) is 0. The van der Waals surface area contributed by atoms with Gasteiger partial charge in [0.2, 0.25) is 0 Å². The van der Waals surface area contributed by atoms with Crippen molar-refractivity contribution in [2.24, 2.45) is 17.3 Å². The van der Waals surface area contributed by atoms with E-state index in [0.717, 1.165) is 6.29 Å². The second-order valence-electron chi connectivity index (χ2n) is 9.87. The molecular formula is C26H48O5Sn. The van der Waals surface area contributed by atoms with Crippen LogP contribution in [-0.2, 0) is 23.9 Å². The number of hydrogen-bond acceptors (Lipinski definition) is 5. The molecule has 0 saturated heterocycles. The Kier molecular flexibility index (Phi) is 14.1. The SMILES string of the molecule is CCC[CH2][Sn]([CH2]CCC)([CH2]CCC)[CH2][C@@H]1CC(C(=O)OCC)(C(=O)OCC)C[C@@H]1CC=O. The number of rotatable bonds is 17. The van der Waals surface area contributed by atoms with Gasteiger partial charge in [-0.1, -0.05) is 0 Å². The number of hydrogen-bond donors (Lipinski definition) is 0. The summed E-state index contributed by atoms with van der Waals surface area (Å²) < 4.78 is 16.1. The topological polar surface area (TPSA) is 69.7 Å². The molecule has 1 fully saturated rings. The van der Waals surface area contributed by atoms with Gasteiger partial charge in [-0.05, 0) is 0 Å². The van der Waals surface area contributed by atoms with Crippen LogP contribution in [0.3, 0.4) is 0 Å². The first-order valence-corrected chi connectivity index (χ1v) is 21.2. The molecule has 0 aromatic rings. The molecule has 32 heavy (non-hydrogen) atoms. The van der Waals surface area contributed by atoms with Crippen molar-refractivity contribution in [1.29, 1.82) is 0 Å². The molecule has 186 valence electrons. The minimum absolute atomic E-state index is 0.0715. The fourth-order valence-electron chi connectivity index (χ4n) is 5.80. The number of ether oxygens (including phenoxy) is 2. The summed E-state index contributed by atoms with van der Waals surface area (Å²) in [6, 6.07) is 0. The van der Waals surface area contributed by atoms with E-state index in [9.17, 15) is 14.4 Å². The average Bonchev–Trinajstić information content (AvgIpc) is 3.14. The molecule has 1 saturated carbocycles. The first-order chi connectivity index (χ1) is 15.4.